The summed E-state index contributed by atoms with van der Waals surface area (Å²) < 4.78 is 11.6. The van der Waals surface area contributed by atoms with Crippen LogP contribution in [0, 0.1) is 11.3 Å². The first-order chi connectivity index (χ1) is 15.9. The Hall–Kier alpha value is -3.81. The van der Waals surface area contributed by atoms with Crippen LogP contribution >= 0.6 is 27.3 Å². The number of amides is 1. The normalized spacial score (nSPS) is 10.6. The average Bonchev–Trinajstić information content (AvgIpc) is 3.14. The molecule has 4 aromatic rings. The molecule has 6 N–H and O–H groups in total. The standard InChI is InChI=1S/C23H18BrN5O3S/c1-31-15-8-3-11(9-16(15)32-2)17-14(10-25)21(27)29-23-18(17)19(26)20(33-23)22(30)28-13-6-4-12(24)5-7-13/h3-9H,26H2,1-2H3,(H2,27,29)(H,28,30)/p+1. The first kappa shape index (κ1) is 22.4. The fourth-order valence-electron chi connectivity index (χ4n) is 3.51. The summed E-state index contributed by atoms with van der Waals surface area (Å²) in [5.41, 5.74) is 14.9. The highest BCUT2D eigenvalue weighted by atomic mass is 79.9. The van der Waals surface area contributed by atoms with Crippen molar-refractivity contribution in [2.75, 3.05) is 31.0 Å². The van der Waals surface area contributed by atoms with Gasteiger partial charge in [0.1, 0.15) is 16.5 Å². The second kappa shape index (κ2) is 8.97. The van der Waals surface area contributed by atoms with E-state index in [1.165, 1.54) is 18.4 Å². The van der Waals surface area contributed by atoms with Crippen LogP contribution in [0.4, 0.5) is 17.2 Å². The van der Waals surface area contributed by atoms with Crippen molar-refractivity contribution >= 4 is 60.6 Å². The lowest BCUT2D eigenvalue weighted by Crippen LogP contribution is -2.13. The Labute approximate surface area is 201 Å². The summed E-state index contributed by atoms with van der Waals surface area (Å²) in [5.74, 6) is 0.843. The number of nitrogens with two attached hydrogens (primary N) is 2. The molecule has 0 aliphatic carbocycles. The third-order valence-electron chi connectivity index (χ3n) is 5.06. The topological polar surface area (TPSA) is 138 Å². The Balaban J connectivity index is 1.90. The van der Waals surface area contributed by atoms with E-state index in [1.807, 2.05) is 12.1 Å². The third-order valence-corrected chi connectivity index (χ3v) is 6.70. The van der Waals surface area contributed by atoms with Gasteiger partial charge in [-0.2, -0.15) is 5.26 Å². The number of carbonyl (C=O) groups is 1. The number of nitrogen functional groups attached to an aromatic ring is 2. The molecule has 0 atom stereocenters. The minimum atomic E-state index is -0.361. The lowest BCUT2D eigenvalue weighted by molar-refractivity contribution is -0.323. The summed E-state index contributed by atoms with van der Waals surface area (Å²) in [4.78, 5) is 16.9. The van der Waals surface area contributed by atoms with Gasteiger partial charge in [-0.05, 0) is 42.0 Å². The zero-order valence-corrected chi connectivity index (χ0v) is 20.1. The molecule has 1 amide bonds. The van der Waals surface area contributed by atoms with Crippen molar-refractivity contribution in [1.29, 1.82) is 5.26 Å². The van der Waals surface area contributed by atoms with Gasteiger partial charge in [-0.3, -0.25) is 10.5 Å². The first-order valence-electron chi connectivity index (χ1n) is 9.64. The molecule has 33 heavy (non-hydrogen) atoms. The number of pyridine rings is 1. The molecule has 2 aromatic heterocycles. The lowest BCUT2D eigenvalue weighted by atomic mass is 9.97. The maximum Gasteiger partial charge on any atom is 0.290 e. The Morgan fingerprint density at radius 3 is 2.45 bits per heavy atom. The molecule has 8 nitrogen and oxygen atoms in total. The summed E-state index contributed by atoms with van der Waals surface area (Å²) in [6.07, 6.45) is 0. The van der Waals surface area contributed by atoms with E-state index in [4.69, 9.17) is 20.9 Å². The summed E-state index contributed by atoms with van der Waals surface area (Å²) in [5, 5.41) is 13.2. The highest BCUT2D eigenvalue weighted by Crippen LogP contribution is 2.43. The van der Waals surface area contributed by atoms with E-state index in [1.54, 1.807) is 37.4 Å². The van der Waals surface area contributed by atoms with Crippen molar-refractivity contribution in [1.82, 2.24) is 0 Å². The molecule has 2 aromatic carbocycles. The summed E-state index contributed by atoms with van der Waals surface area (Å²) in [6, 6.07) is 14.6. The molecule has 0 aliphatic heterocycles. The number of nitrogens with one attached hydrogen (secondary N) is 2. The predicted octanol–water partition coefficient (Wildman–Crippen LogP) is 4.45. The SMILES string of the molecule is COc1ccc(-c2c(C#N)c(N)[nH+]c3sc(C(=O)Nc4ccc(Br)cc4)c(N)c23)cc1OC. The van der Waals surface area contributed by atoms with Crippen molar-refractivity contribution in [2.24, 2.45) is 0 Å². The van der Waals surface area contributed by atoms with Gasteiger partial charge in [-0.15, -0.1) is 0 Å². The van der Waals surface area contributed by atoms with Crippen LogP contribution in [0.15, 0.2) is 46.9 Å². The minimum Gasteiger partial charge on any atom is -0.493 e. The molecular weight excluding hydrogens is 506 g/mol. The van der Waals surface area contributed by atoms with E-state index < -0.39 is 0 Å². The Morgan fingerprint density at radius 1 is 1.12 bits per heavy atom. The molecule has 2 heterocycles. The second-order valence-corrected chi connectivity index (χ2v) is 8.92. The molecular formula is C23H19BrN5O3S+. The monoisotopic (exact) mass is 524 g/mol. The Morgan fingerprint density at radius 2 is 1.82 bits per heavy atom. The van der Waals surface area contributed by atoms with Gasteiger partial charge < -0.3 is 20.5 Å². The smallest absolute Gasteiger partial charge is 0.290 e. The number of ether oxygens (including phenoxy) is 2. The highest BCUT2D eigenvalue weighted by molar-refractivity contribution is 9.10. The number of aromatic amines is 1. The quantitative estimate of drug-likeness (QED) is 0.352. The molecule has 0 fully saturated rings. The van der Waals surface area contributed by atoms with Gasteiger partial charge in [-0.1, -0.05) is 33.3 Å². The molecule has 0 saturated carbocycles. The lowest BCUT2D eigenvalue weighted by Gasteiger charge is -2.12. The number of hydrogen-bond acceptors (Lipinski definition) is 7. The molecule has 0 saturated heterocycles. The number of benzene rings is 2. The van der Waals surface area contributed by atoms with Gasteiger partial charge in [0, 0.05) is 15.7 Å². The maximum atomic E-state index is 13.0. The van der Waals surface area contributed by atoms with E-state index in [2.05, 4.69) is 32.3 Å². The number of thiophene rings is 1. The number of halogens is 1. The molecule has 166 valence electrons. The number of anilines is 3. The number of nitrogens with zero attached hydrogens (tertiary/aromatic N) is 1. The van der Waals surface area contributed by atoms with Gasteiger partial charge in [0.05, 0.1) is 25.3 Å². The van der Waals surface area contributed by atoms with Crippen LogP contribution in [0.5, 0.6) is 11.5 Å². The van der Waals surface area contributed by atoms with E-state index in [0.29, 0.717) is 43.4 Å². The molecule has 0 spiro atoms. The van der Waals surface area contributed by atoms with E-state index in [-0.39, 0.29) is 23.0 Å². The summed E-state index contributed by atoms with van der Waals surface area (Å²) >= 11 is 4.54. The fraction of sp³-hybridized carbons (Fsp3) is 0.0870. The van der Waals surface area contributed by atoms with Gasteiger partial charge in [-0.25, -0.2) is 4.98 Å². The molecule has 0 radical (unpaired) electrons. The Bertz CT molecular complexity index is 1430. The van der Waals surface area contributed by atoms with Crippen molar-refractivity contribution < 1.29 is 19.3 Å². The molecule has 0 unspecified atom stereocenters. The largest absolute Gasteiger partial charge is 0.493 e. The van der Waals surface area contributed by atoms with E-state index in [9.17, 15) is 10.1 Å². The van der Waals surface area contributed by atoms with Gasteiger partial charge >= 0.3 is 0 Å². The van der Waals surface area contributed by atoms with Crippen LogP contribution in [0.2, 0.25) is 0 Å². The van der Waals surface area contributed by atoms with Crippen molar-refractivity contribution in [3.05, 3.63) is 57.4 Å². The number of rotatable bonds is 5. The minimum absolute atomic E-state index is 0.177. The van der Waals surface area contributed by atoms with E-state index >= 15 is 0 Å². The number of aromatic nitrogens is 1. The third kappa shape index (κ3) is 4.04. The number of methoxy groups -OCH3 is 2. The van der Waals surface area contributed by atoms with Crippen LogP contribution in [-0.4, -0.2) is 20.1 Å². The van der Waals surface area contributed by atoms with Crippen LogP contribution in [-0.2, 0) is 0 Å². The Kier molecular flexibility index (Phi) is 6.09. The van der Waals surface area contributed by atoms with Gasteiger partial charge in [0.25, 0.3) is 11.7 Å². The number of carbonyl (C=O) groups excluding carboxylic acids is 1. The molecule has 4 rings (SSSR count). The number of nitriles is 1. The average molecular weight is 525 g/mol. The highest BCUT2D eigenvalue weighted by Gasteiger charge is 2.27. The zero-order valence-electron chi connectivity index (χ0n) is 17.7. The first-order valence-corrected chi connectivity index (χ1v) is 11.2. The zero-order chi connectivity index (χ0) is 23.7. The number of hydrogen-bond donors (Lipinski definition) is 3. The molecule has 10 heteroatoms. The maximum absolute atomic E-state index is 13.0. The molecule has 0 aliphatic rings. The van der Waals surface area contributed by atoms with Crippen LogP contribution in [0.1, 0.15) is 15.2 Å². The van der Waals surface area contributed by atoms with Crippen molar-refractivity contribution in [3.63, 3.8) is 0 Å². The van der Waals surface area contributed by atoms with Crippen LogP contribution in [0.25, 0.3) is 21.3 Å². The number of fused-ring (bicyclic) bond motifs is 1. The van der Waals surface area contributed by atoms with Gasteiger partial charge in [0.15, 0.2) is 16.3 Å². The number of H-pyrrole nitrogens is 1. The van der Waals surface area contributed by atoms with Crippen LogP contribution < -0.4 is 31.2 Å². The van der Waals surface area contributed by atoms with Crippen molar-refractivity contribution in [2.45, 2.75) is 0 Å². The molecule has 0 bridgehead atoms. The van der Waals surface area contributed by atoms with Gasteiger partial charge in [0.2, 0.25) is 0 Å². The predicted molar refractivity (Wildman–Crippen MR) is 133 cm³/mol. The summed E-state index contributed by atoms with van der Waals surface area (Å²) in [6.45, 7) is 0. The van der Waals surface area contributed by atoms with Crippen molar-refractivity contribution in [3.8, 4) is 28.7 Å². The fourth-order valence-corrected chi connectivity index (χ4v) is 4.81. The summed E-state index contributed by atoms with van der Waals surface area (Å²) in [7, 11) is 3.07. The van der Waals surface area contributed by atoms with Crippen LogP contribution in [0.3, 0.4) is 0 Å². The second-order valence-electron chi connectivity index (χ2n) is 6.98. The van der Waals surface area contributed by atoms with E-state index in [0.717, 1.165) is 4.47 Å².